The van der Waals surface area contributed by atoms with Gasteiger partial charge in [-0.15, -0.1) is 0 Å². The van der Waals surface area contributed by atoms with Crippen molar-refractivity contribution in [3.63, 3.8) is 0 Å². The number of likely N-dealkylation sites (tertiary alicyclic amines) is 1. The Morgan fingerprint density at radius 1 is 1.32 bits per heavy atom. The number of carbonyl (C=O) groups is 2. The van der Waals surface area contributed by atoms with E-state index in [0.717, 1.165) is 5.56 Å². The van der Waals surface area contributed by atoms with Crippen LogP contribution in [-0.4, -0.2) is 35.0 Å². The molecule has 0 aliphatic carbocycles. The SMILES string of the molecule is CC(C(=O)N1CCCC(C)(C(=O)O)C1)c1ccc(Cl)c(Cl)c1. The maximum Gasteiger partial charge on any atom is 0.311 e. The Morgan fingerprint density at radius 2 is 2.00 bits per heavy atom. The third-order valence-electron chi connectivity index (χ3n) is 4.34. The summed E-state index contributed by atoms with van der Waals surface area (Å²) in [6.45, 7) is 4.33. The van der Waals surface area contributed by atoms with Crippen LogP contribution in [0.2, 0.25) is 10.0 Å². The van der Waals surface area contributed by atoms with Crippen molar-refractivity contribution in [2.24, 2.45) is 5.41 Å². The molecule has 1 aromatic rings. The molecule has 4 nitrogen and oxygen atoms in total. The Bertz CT molecular complexity index is 605. The summed E-state index contributed by atoms with van der Waals surface area (Å²) in [7, 11) is 0. The lowest BCUT2D eigenvalue weighted by molar-refractivity contribution is -0.153. The minimum Gasteiger partial charge on any atom is -0.481 e. The van der Waals surface area contributed by atoms with E-state index in [-0.39, 0.29) is 18.4 Å². The Balaban J connectivity index is 2.16. The molecule has 1 aromatic carbocycles. The van der Waals surface area contributed by atoms with E-state index < -0.39 is 11.4 Å². The molecule has 0 bridgehead atoms. The van der Waals surface area contributed by atoms with Gasteiger partial charge in [-0.1, -0.05) is 29.3 Å². The second-order valence-corrected chi connectivity index (χ2v) is 6.94. The molecular formula is C16H19Cl2NO3. The monoisotopic (exact) mass is 343 g/mol. The minimum absolute atomic E-state index is 0.0782. The predicted octanol–water partition coefficient (Wildman–Crippen LogP) is 3.81. The number of amides is 1. The van der Waals surface area contributed by atoms with Gasteiger partial charge in [0.05, 0.1) is 21.4 Å². The normalized spacial score (nSPS) is 23.2. The Morgan fingerprint density at radius 3 is 2.59 bits per heavy atom. The highest BCUT2D eigenvalue weighted by Crippen LogP contribution is 2.32. The average Bonchev–Trinajstić information content (AvgIpc) is 2.48. The van der Waals surface area contributed by atoms with E-state index in [1.54, 1.807) is 36.9 Å². The summed E-state index contributed by atoms with van der Waals surface area (Å²) < 4.78 is 0. The second-order valence-electron chi connectivity index (χ2n) is 6.12. The van der Waals surface area contributed by atoms with Crippen molar-refractivity contribution in [3.8, 4) is 0 Å². The third kappa shape index (κ3) is 3.39. The summed E-state index contributed by atoms with van der Waals surface area (Å²) in [6, 6.07) is 5.13. The van der Waals surface area contributed by atoms with E-state index in [1.807, 2.05) is 0 Å². The summed E-state index contributed by atoms with van der Waals surface area (Å²) in [5.74, 6) is -1.32. The van der Waals surface area contributed by atoms with Crippen LogP contribution < -0.4 is 0 Å². The highest BCUT2D eigenvalue weighted by atomic mass is 35.5. The summed E-state index contributed by atoms with van der Waals surface area (Å²) in [5.41, 5.74) is -0.0901. The van der Waals surface area contributed by atoms with E-state index in [2.05, 4.69) is 0 Å². The number of nitrogens with zero attached hydrogens (tertiary/aromatic N) is 1. The smallest absolute Gasteiger partial charge is 0.311 e. The molecule has 0 saturated carbocycles. The van der Waals surface area contributed by atoms with Gasteiger partial charge in [-0.2, -0.15) is 0 Å². The van der Waals surface area contributed by atoms with E-state index in [0.29, 0.717) is 29.4 Å². The van der Waals surface area contributed by atoms with Gasteiger partial charge in [0, 0.05) is 13.1 Å². The lowest BCUT2D eigenvalue weighted by atomic mass is 9.81. The minimum atomic E-state index is -0.870. The predicted molar refractivity (Wildman–Crippen MR) is 86.4 cm³/mol. The fraction of sp³-hybridized carbons (Fsp3) is 0.500. The van der Waals surface area contributed by atoms with Crippen LogP contribution in [0.1, 0.15) is 38.2 Å². The zero-order valence-corrected chi connectivity index (χ0v) is 14.1. The topological polar surface area (TPSA) is 57.6 Å². The summed E-state index contributed by atoms with van der Waals surface area (Å²) >= 11 is 11.9. The number of carboxylic acids is 1. The zero-order chi connectivity index (χ0) is 16.5. The second kappa shape index (κ2) is 6.47. The quantitative estimate of drug-likeness (QED) is 0.907. The van der Waals surface area contributed by atoms with Crippen LogP contribution in [0.3, 0.4) is 0 Å². The van der Waals surface area contributed by atoms with Crippen LogP contribution in [0.25, 0.3) is 0 Å². The molecule has 1 aliphatic heterocycles. The number of piperidine rings is 1. The number of rotatable bonds is 3. The van der Waals surface area contributed by atoms with Crippen LogP contribution in [-0.2, 0) is 9.59 Å². The first-order chi connectivity index (χ1) is 10.2. The van der Waals surface area contributed by atoms with E-state index in [9.17, 15) is 14.7 Å². The number of benzene rings is 1. The third-order valence-corrected chi connectivity index (χ3v) is 5.08. The van der Waals surface area contributed by atoms with Crippen molar-refractivity contribution < 1.29 is 14.7 Å². The molecular weight excluding hydrogens is 325 g/mol. The van der Waals surface area contributed by atoms with E-state index >= 15 is 0 Å². The highest BCUT2D eigenvalue weighted by molar-refractivity contribution is 6.42. The van der Waals surface area contributed by atoms with Gasteiger partial charge >= 0.3 is 5.97 Å². The first kappa shape index (κ1) is 17.1. The lowest BCUT2D eigenvalue weighted by Gasteiger charge is -2.38. The number of halogens is 2. The standard InChI is InChI=1S/C16H19Cl2NO3/c1-10(11-4-5-12(17)13(18)8-11)14(20)19-7-3-6-16(2,9-19)15(21)22/h4-5,8,10H,3,6-7,9H2,1-2H3,(H,21,22). The van der Waals surface area contributed by atoms with E-state index in [1.165, 1.54) is 0 Å². The number of hydrogen-bond donors (Lipinski definition) is 1. The first-order valence-corrected chi connectivity index (χ1v) is 7.97. The van der Waals surface area contributed by atoms with Gasteiger partial charge < -0.3 is 10.0 Å². The van der Waals surface area contributed by atoms with Crippen molar-refractivity contribution in [1.29, 1.82) is 0 Å². The molecule has 2 atom stereocenters. The number of carboxylic acid groups (broad SMARTS) is 1. The van der Waals surface area contributed by atoms with Gasteiger partial charge in [0.2, 0.25) is 5.91 Å². The molecule has 6 heteroatoms. The molecule has 0 radical (unpaired) electrons. The number of carbonyl (C=O) groups excluding carboxylic acids is 1. The average molecular weight is 344 g/mol. The van der Waals surface area contributed by atoms with Gasteiger partial charge in [-0.25, -0.2) is 0 Å². The van der Waals surface area contributed by atoms with E-state index in [4.69, 9.17) is 23.2 Å². The Labute approximate surface area is 140 Å². The fourth-order valence-electron chi connectivity index (χ4n) is 2.80. The summed E-state index contributed by atoms with van der Waals surface area (Å²) in [5, 5.41) is 10.2. The zero-order valence-electron chi connectivity index (χ0n) is 12.6. The molecule has 0 spiro atoms. The molecule has 1 amide bonds. The molecule has 0 aromatic heterocycles. The van der Waals surface area contributed by atoms with Crippen LogP contribution in [0.4, 0.5) is 0 Å². The van der Waals surface area contributed by atoms with Crippen LogP contribution >= 0.6 is 23.2 Å². The molecule has 2 unspecified atom stereocenters. The van der Waals surface area contributed by atoms with Crippen molar-refractivity contribution in [1.82, 2.24) is 4.90 Å². The van der Waals surface area contributed by atoms with Crippen molar-refractivity contribution in [2.75, 3.05) is 13.1 Å². The number of aliphatic carboxylic acids is 1. The van der Waals surface area contributed by atoms with Gasteiger partial charge in [0.1, 0.15) is 0 Å². The van der Waals surface area contributed by atoms with Gasteiger partial charge in [-0.3, -0.25) is 9.59 Å². The van der Waals surface area contributed by atoms with Gasteiger partial charge in [0.25, 0.3) is 0 Å². The maximum absolute atomic E-state index is 12.7. The molecule has 1 aliphatic rings. The largest absolute Gasteiger partial charge is 0.481 e. The number of hydrogen-bond acceptors (Lipinski definition) is 2. The summed E-state index contributed by atoms with van der Waals surface area (Å²) in [6.07, 6.45) is 1.29. The molecule has 22 heavy (non-hydrogen) atoms. The Kier molecular flexibility index (Phi) is 5.03. The first-order valence-electron chi connectivity index (χ1n) is 7.22. The van der Waals surface area contributed by atoms with Gasteiger partial charge in [-0.05, 0) is 44.4 Å². The summed E-state index contributed by atoms with van der Waals surface area (Å²) in [4.78, 5) is 25.7. The molecule has 1 saturated heterocycles. The lowest BCUT2D eigenvalue weighted by Crippen LogP contribution is -2.49. The fourth-order valence-corrected chi connectivity index (χ4v) is 3.11. The van der Waals surface area contributed by atoms with Crippen LogP contribution in [0, 0.1) is 5.41 Å². The van der Waals surface area contributed by atoms with Crippen molar-refractivity contribution in [2.45, 2.75) is 32.6 Å². The van der Waals surface area contributed by atoms with Crippen molar-refractivity contribution in [3.05, 3.63) is 33.8 Å². The highest BCUT2D eigenvalue weighted by Gasteiger charge is 2.40. The van der Waals surface area contributed by atoms with Crippen LogP contribution in [0.5, 0.6) is 0 Å². The molecule has 1 fully saturated rings. The molecule has 1 heterocycles. The molecule has 120 valence electrons. The Hall–Kier alpha value is -1.26. The van der Waals surface area contributed by atoms with Crippen LogP contribution in [0.15, 0.2) is 18.2 Å². The molecule has 2 rings (SSSR count). The molecule has 1 N–H and O–H groups in total. The van der Waals surface area contributed by atoms with Crippen molar-refractivity contribution >= 4 is 35.1 Å². The van der Waals surface area contributed by atoms with Gasteiger partial charge in [0.15, 0.2) is 0 Å². The maximum atomic E-state index is 12.7.